The zero-order valence-corrected chi connectivity index (χ0v) is 21.7. The molecule has 1 aromatic carbocycles. The van der Waals surface area contributed by atoms with Gasteiger partial charge in [0.25, 0.3) is 6.05 Å². The molecule has 2 unspecified atom stereocenters. The first kappa shape index (κ1) is 23.6. The first-order valence-corrected chi connectivity index (χ1v) is 11.6. The van der Waals surface area contributed by atoms with Gasteiger partial charge in [-0.2, -0.15) is 8.78 Å². The smallest absolute Gasteiger partial charge is 0.473 e. The van der Waals surface area contributed by atoms with Gasteiger partial charge in [-0.05, 0) is 78.1 Å². The predicted molar refractivity (Wildman–Crippen MR) is 112 cm³/mol. The number of fused-ring (bicyclic) bond motifs is 2. The van der Waals surface area contributed by atoms with Crippen LogP contribution in [0.4, 0.5) is 19.3 Å². The molecule has 5 nitrogen and oxygen atoms in total. The van der Waals surface area contributed by atoms with E-state index in [1.807, 2.05) is 0 Å². The summed E-state index contributed by atoms with van der Waals surface area (Å²) in [6.07, 6.45) is 7.81. The molecule has 2 amide bonds. The van der Waals surface area contributed by atoms with Crippen molar-refractivity contribution in [2.75, 3.05) is 5.32 Å². The van der Waals surface area contributed by atoms with Gasteiger partial charge in [0.15, 0.2) is 0 Å². The van der Waals surface area contributed by atoms with E-state index >= 15 is 0 Å². The van der Waals surface area contributed by atoms with E-state index < -0.39 is 33.5 Å². The monoisotopic (exact) mass is 659 g/mol. The Morgan fingerprint density at radius 3 is 2.43 bits per heavy atom. The number of halogens is 2. The fourth-order valence-electron chi connectivity index (χ4n) is 4.34. The molecule has 1 aromatic rings. The molecule has 0 fully saturated rings. The summed E-state index contributed by atoms with van der Waals surface area (Å²) >= 11 is 0. The van der Waals surface area contributed by atoms with Crippen molar-refractivity contribution in [3.05, 3.63) is 54.1 Å². The Morgan fingerprint density at radius 1 is 1.27 bits per heavy atom. The Balaban J connectivity index is 0.00000256. The van der Waals surface area contributed by atoms with E-state index in [1.165, 1.54) is 17.2 Å². The molecule has 1 aliphatic heterocycles. The minimum absolute atomic E-state index is 0. The van der Waals surface area contributed by atoms with Gasteiger partial charge in [-0.3, -0.25) is 4.72 Å². The number of alkyl halides is 2. The standard InChI is InChI=1S/C21H25F2N3O2S.U/c1-3-21(22,23)26-11-10-16(13-26)29(2,28)25-20(27)24-19-17-8-4-6-14(17)12-15-7-5-9-18(15)19;/h10-13,16H,1-9H2,(H2,24,25,27,28);/q-2;+2. The summed E-state index contributed by atoms with van der Waals surface area (Å²) < 4.78 is 43.0. The van der Waals surface area contributed by atoms with Crippen molar-refractivity contribution < 1.29 is 48.9 Å². The molecule has 0 bridgehead atoms. The zero-order valence-electron chi connectivity index (χ0n) is 16.7. The number of benzene rings is 1. The number of rotatable bonds is 5. The largest absolute Gasteiger partial charge is 2.00 e. The number of anilines is 1. The second-order valence-corrected chi connectivity index (χ2v) is 10.00. The summed E-state index contributed by atoms with van der Waals surface area (Å²) in [4.78, 5) is 13.3. The van der Waals surface area contributed by atoms with Gasteiger partial charge >= 0.3 is 37.1 Å². The zero-order chi connectivity index (χ0) is 20.8. The average Bonchev–Trinajstić information content (AvgIpc) is 3.40. The topological polar surface area (TPSA) is 61.4 Å². The van der Waals surface area contributed by atoms with E-state index in [0.717, 1.165) is 68.1 Å². The van der Waals surface area contributed by atoms with Crippen molar-refractivity contribution in [2.45, 2.75) is 56.2 Å². The molecule has 0 spiro atoms. The fraction of sp³-hybridized carbons (Fsp3) is 0.429. The summed E-state index contributed by atoms with van der Waals surface area (Å²) in [6, 6.07) is -1.54. The minimum Gasteiger partial charge on any atom is -0.473 e. The Morgan fingerprint density at radius 2 is 1.87 bits per heavy atom. The van der Waals surface area contributed by atoms with Crippen LogP contribution in [-0.4, -0.2) is 32.3 Å². The van der Waals surface area contributed by atoms with Crippen LogP contribution in [0.2, 0.25) is 0 Å². The first-order chi connectivity index (χ1) is 13.7. The van der Waals surface area contributed by atoms with Crippen molar-refractivity contribution >= 4 is 27.3 Å². The van der Waals surface area contributed by atoms with Crippen LogP contribution in [0.3, 0.4) is 0 Å². The van der Waals surface area contributed by atoms with Crippen LogP contribution >= 0.6 is 0 Å². The van der Waals surface area contributed by atoms with Gasteiger partial charge in [0.2, 0.25) is 0 Å². The molecule has 2 aliphatic carbocycles. The quantitative estimate of drug-likeness (QED) is 0.289. The number of hydrogen-bond acceptors (Lipinski definition) is 3. The molecule has 30 heavy (non-hydrogen) atoms. The molecule has 0 aromatic heterocycles. The number of amides is 2. The van der Waals surface area contributed by atoms with Crippen molar-refractivity contribution in [3.8, 4) is 0 Å². The second-order valence-electron chi connectivity index (χ2n) is 7.79. The minimum atomic E-state index is -3.21. The number of carbonyl (C=O) groups is 1. The van der Waals surface area contributed by atoms with E-state index in [-0.39, 0.29) is 31.1 Å². The average molecular weight is 660 g/mol. The SMILES string of the molecule is C=S(=O)(NC(=O)Nc1c2c(cc3c1CCC3)CCC2)C1C=CN(C(F)(F)C[CH2-])[CH-]1.[U+2]. The van der Waals surface area contributed by atoms with Crippen LogP contribution in [0.15, 0.2) is 18.3 Å². The first-order valence-electron chi connectivity index (χ1n) is 9.81. The summed E-state index contributed by atoms with van der Waals surface area (Å²) in [5.74, 6) is 3.61. The van der Waals surface area contributed by atoms with Crippen molar-refractivity contribution in [1.29, 1.82) is 0 Å². The van der Waals surface area contributed by atoms with Gasteiger partial charge in [-0.1, -0.05) is 18.6 Å². The summed E-state index contributed by atoms with van der Waals surface area (Å²) in [5, 5.41) is 1.98. The third-order valence-corrected chi connectivity index (χ3v) is 7.53. The summed E-state index contributed by atoms with van der Waals surface area (Å²) in [5.41, 5.74) is 5.69. The van der Waals surface area contributed by atoms with Crippen LogP contribution < -0.4 is 10.0 Å². The van der Waals surface area contributed by atoms with Crippen LogP contribution in [-0.2, 0) is 35.4 Å². The molecule has 4 rings (SSSR count). The van der Waals surface area contributed by atoms with Crippen LogP contribution in [0, 0.1) is 44.6 Å². The van der Waals surface area contributed by atoms with Gasteiger partial charge in [-0.15, -0.1) is 0 Å². The third kappa shape index (κ3) is 4.44. The molecule has 1 heterocycles. The van der Waals surface area contributed by atoms with Crippen LogP contribution in [0.25, 0.3) is 0 Å². The molecule has 2 atom stereocenters. The normalized spacial score (nSPS) is 21.6. The second kappa shape index (κ2) is 8.84. The number of aryl methyl sites for hydroxylation is 2. The maximum atomic E-state index is 13.8. The Kier molecular flexibility index (Phi) is 6.96. The number of nitrogens with one attached hydrogen (secondary N) is 2. The van der Waals surface area contributed by atoms with E-state index in [0.29, 0.717) is 4.90 Å². The van der Waals surface area contributed by atoms with E-state index in [1.54, 1.807) is 0 Å². The Bertz CT molecular complexity index is 947. The van der Waals surface area contributed by atoms with Crippen molar-refractivity contribution in [1.82, 2.24) is 9.62 Å². The Hall–Kier alpha value is -1.04. The fourth-order valence-corrected chi connectivity index (χ4v) is 5.49. The molecule has 3 aliphatic rings. The molecule has 2 N–H and O–H groups in total. The molecule has 0 saturated heterocycles. The van der Waals surface area contributed by atoms with E-state index in [9.17, 15) is 17.8 Å². The Labute approximate surface area is 200 Å². The van der Waals surface area contributed by atoms with Gasteiger partial charge in [0, 0.05) is 15.4 Å². The molecular formula is C21H25F2N3O2SU. The number of urea groups is 1. The van der Waals surface area contributed by atoms with E-state index in [2.05, 4.69) is 28.9 Å². The summed E-state index contributed by atoms with van der Waals surface area (Å²) in [6.45, 7) is 4.35. The third-order valence-electron chi connectivity index (χ3n) is 5.84. The van der Waals surface area contributed by atoms with E-state index in [4.69, 9.17) is 0 Å². The van der Waals surface area contributed by atoms with Gasteiger partial charge < -0.3 is 17.1 Å². The molecule has 160 valence electrons. The molecule has 9 heteroatoms. The summed E-state index contributed by atoms with van der Waals surface area (Å²) in [7, 11) is -3.21. The molecule has 0 saturated carbocycles. The van der Waals surface area contributed by atoms with Crippen molar-refractivity contribution in [2.24, 2.45) is 0 Å². The van der Waals surface area contributed by atoms with Gasteiger partial charge in [0.1, 0.15) is 0 Å². The van der Waals surface area contributed by atoms with Crippen molar-refractivity contribution in [3.63, 3.8) is 0 Å². The molecule has 0 radical (unpaired) electrons. The molecular weight excluding hydrogens is 634 g/mol. The maximum Gasteiger partial charge on any atom is 2.00 e. The number of hydrogen-bond donors (Lipinski definition) is 2. The predicted octanol–water partition coefficient (Wildman–Crippen LogP) is 3.59. The number of carbonyl (C=O) groups excluding carboxylic acids is 1. The number of nitrogens with zero attached hydrogens (tertiary/aromatic N) is 1. The van der Waals surface area contributed by atoms with Crippen LogP contribution in [0.5, 0.6) is 0 Å². The van der Waals surface area contributed by atoms with Crippen LogP contribution in [0.1, 0.15) is 41.5 Å². The van der Waals surface area contributed by atoms with Gasteiger partial charge in [-0.25, -0.2) is 15.5 Å². The van der Waals surface area contributed by atoms with Gasteiger partial charge in [0.05, 0.1) is 0 Å². The maximum absolute atomic E-state index is 13.8.